The summed E-state index contributed by atoms with van der Waals surface area (Å²) in [5, 5.41) is 8.77. The molecule has 0 saturated heterocycles. The zero-order chi connectivity index (χ0) is 17.4. The van der Waals surface area contributed by atoms with Crippen LogP contribution >= 0.6 is 11.3 Å². The molecule has 130 valence electrons. The zero-order valence-electron chi connectivity index (χ0n) is 14.3. The Hall–Kier alpha value is -2.34. The van der Waals surface area contributed by atoms with Crippen LogP contribution in [0.2, 0.25) is 0 Å². The first-order valence-corrected chi connectivity index (χ1v) is 9.59. The summed E-state index contributed by atoms with van der Waals surface area (Å²) in [6.07, 6.45) is 6.20. The lowest BCUT2D eigenvalue weighted by Gasteiger charge is -2.22. The molecule has 2 heterocycles. The number of nitrogens with zero attached hydrogens (tertiary/aromatic N) is 2. The highest BCUT2D eigenvalue weighted by Gasteiger charge is 2.22. The van der Waals surface area contributed by atoms with Crippen LogP contribution in [0, 0.1) is 6.92 Å². The zero-order valence-corrected chi connectivity index (χ0v) is 15.1. The molecule has 1 aliphatic carbocycles. The van der Waals surface area contributed by atoms with E-state index in [0.29, 0.717) is 22.3 Å². The van der Waals surface area contributed by atoms with Gasteiger partial charge < -0.3 is 11.1 Å². The molecule has 1 aliphatic rings. The third-order valence-corrected chi connectivity index (χ3v) is 5.98. The summed E-state index contributed by atoms with van der Waals surface area (Å²) in [7, 11) is 0. The number of nitrogens with one attached hydrogen (secondary N) is 1. The first-order chi connectivity index (χ1) is 12.1. The maximum absolute atomic E-state index is 12.6. The van der Waals surface area contributed by atoms with Crippen LogP contribution < -0.4 is 11.1 Å². The number of aromatic nitrogens is 2. The van der Waals surface area contributed by atoms with Crippen molar-refractivity contribution < 1.29 is 4.79 Å². The largest absolute Gasteiger partial charge is 0.399 e. The van der Waals surface area contributed by atoms with Gasteiger partial charge in [-0.05, 0) is 44.0 Å². The Morgan fingerprint density at radius 1 is 1.28 bits per heavy atom. The van der Waals surface area contributed by atoms with Crippen LogP contribution in [0.3, 0.4) is 0 Å². The predicted molar refractivity (Wildman–Crippen MR) is 103 cm³/mol. The number of fused-ring (bicyclic) bond motifs is 1. The van der Waals surface area contributed by atoms with Gasteiger partial charge in [-0.25, -0.2) is 0 Å². The van der Waals surface area contributed by atoms with Crippen molar-refractivity contribution in [3.63, 3.8) is 0 Å². The number of hydrogen-bond donors (Lipinski definition) is 2. The van der Waals surface area contributed by atoms with Gasteiger partial charge in [-0.3, -0.25) is 9.48 Å². The Balaban J connectivity index is 1.63. The second kappa shape index (κ2) is 6.52. The van der Waals surface area contributed by atoms with Gasteiger partial charge in [-0.1, -0.05) is 25.3 Å². The Bertz CT molecular complexity index is 921. The monoisotopic (exact) mass is 354 g/mol. The molecule has 0 unspecified atom stereocenters. The van der Waals surface area contributed by atoms with Crippen LogP contribution in [-0.2, 0) is 0 Å². The highest BCUT2D eigenvalue weighted by atomic mass is 32.1. The van der Waals surface area contributed by atoms with Gasteiger partial charge >= 0.3 is 0 Å². The number of amides is 1. The maximum Gasteiger partial charge on any atom is 0.265 e. The molecule has 1 saturated carbocycles. The smallest absolute Gasteiger partial charge is 0.265 e. The number of benzene rings is 1. The SMILES string of the molecule is Cc1nn(C2CCCCC2)c2sc(C(=O)Nc3cccc(N)c3)cc12. The normalized spacial score (nSPS) is 15.6. The molecule has 0 atom stereocenters. The number of nitrogen functional groups attached to an aromatic ring is 1. The van der Waals surface area contributed by atoms with E-state index in [2.05, 4.69) is 10.00 Å². The summed E-state index contributed by atoms with van der Waals surface area (Å²) in [5.74, 6) is -0.0959. The molecule has 25 heavy (non-hydrogen) atoms. The van der Waals surface area contributed by atoms with E-state index in [9.17, 15) is 4.79 Å². The van der Waals surface area contributed by atoms with E-state index in [-0.39, 0.29) is 5.91 Å². The van der Waals surface area contributed by atoms with Gasteiger partial charge in [0, 0.05) is 16.8 Å². The molecule has 2 aromatic heterocycles. The summed E-state index contributed by atoms with van der Waals surface area (Å²) in [6, 6.07) is 9.67. The number of carbonyl (C=O) groups is 1. The lowest BCUT2D eigenvalue weighted by molar-refractivity contribution is 0.103. The molecule has 6 heteroatoms. The topological polar surface area (TPSA) is 72.9 Å². The number of hydrogen-bond acceptors (Lipinski definition) is 4. The lowest BCUT2D eigenvalue weighted by Crippen LogP contribution is -2.14. The predicted octanol–water partition coefficient (Wildman–Crippen LogP) is 4.75. The van der Waals surface area contributed by atoms with E-state index in [1.165, 1.54) is 43.4 Å². The number of thiophene rings is 1. The molecule has 0 aliphatic heterocycles. The molecule has 3 N–H and O–H groups in total. The van der Waals surface area contributed by atoms with E-state index in [0.717, 1.165) is 15.9 Å². The third-order valence-electron chi connectivity index (χ3n) is 4.86. The summed E-state index contributed by atoms with van der Waals surface area (Å²) in [6.45, 7) is 2.02. The van der Waals surface area contributed by atoms with E-state index < -0.39 is 0 Å². The van der Waals surface area contributed by atoms with Crippen molar-refractivity contribution in [2.24, 2.45) is 0 Å². The molecule has 1 aromatic carbocycles. The third kappa shape index (κ3) is 3.14. The van der Waals surface area contributed by atoms with Gasteiger partial charge in [0.2, 0.25) is 0 Å². The molecular weight excluding hydrogens is 332 g/mol. The Kier molecular flexibility index (Phi) is 4.21. The minimum absolute atomic E-state index is 0.0959. The summed E-state index contributed by atoms with van der Waals surface area (Å²) >= 11 is 1.53. The molecule has 0 bridgehead atoms. The molecule has 0 spiro atoms. The highest BCUT2D eigenvalue weighted by Crippen LogP contribution is 2.35. The summed E-state index contributed by atoms with van der Waals surface area (Å²) in [5.41, 5.74) is 8.13. The number of anilines is 2. The molecule has 0 radical (unpaired) electrons. The van der Waals surface area contributed by atoms with Crippen molar-refractivity contribution in [3.05, 3.63) is 40.9 Å². The van der Waals surface area contributed by atoms with E-state index in [4.69, 9.17) is 10.8 Å². The Labute approximate surface area is 150 Å². The van der Waals surface area contributed by atoms with Crippen LogP contribution in [-0.4, -0.2) is 15.7 Å². The second-order valence-electron chi connectivity index (χ2n) is 6.73. The minimum Gasteiger partial charge on any atom is -0.399 e. The highest BCUT2D eigenvalue weighted by molar-refractivity contribution is 7.20. The lowest BCUT2D eigenvalue weighted by atomic mass is 9.96. The van der Waals surface area contributed by atoms with Crippen LogP contribution in [0.4, 0.5) is 11.4 Å². The fraction of sp³-hybridized carbons (Fsp3) is 0.368. The molecule has 1 amide bonds. The van der Waals surface area contributed by atoms with Crippen molar-refractivity contribution in [1.29, 1.82) is 0 Å². The molecule has 1 fully saturated rings. The standard InChI is InChI=1S/C19H22N4OS/c1-12-16-11-17(18(24)21-14-7-5-6-13(20)10-14)25-19(16)23(22-12)15-8-3-2-4-9-15/h5-7,10-11,15H,2-4,8-9,20H2,1H3,(H,21,24). The van der Waals surface area contributed by atoms with Crippen molar-refractivity contribution in [2.45, 2.75) is 45.1 Å². The van der Waals surface area contributed by atoms with Crippen molar-refractivity contribution in [3.8, 4) is 0 Å². The Morgan fingerprint density at radius 2 is 2.08 bits per heavy atom. The molecule has 5 nitrogen and oxygen atoms in total. The summed E-state index contributed by atoms with van der Waals surface area (Å²) in [4.78, 5) is 14.4. The van der Waals surface area contributed by atoms with Gasteiger partial charge in [-0.15, -0.1) is 11.3 Å². The van der Waals surface area contributed by atoms with Gasteiger partial charge in [0.15, 0.2) is 0 Å². The average molecular weight is 354 g/mol. The van der Waals surface area contributed by atoms with E-state index >= 15 is 0 Å². The van der Waals surface area contributed by atoms with E-state index in [1.807, 2.05) is 25.1 Å². The fourth-order valence-electron chi connectivity index (χ4n) is 3.57. The van der Waals surface area contributed by atoms with Crippen LogP contribution in [0.1, 0.15) is 53.5 Å². The minimum atomic E-state index is -0.0959. The quantitative estimate of drug-likeness (QED) is 0.667. The molecule has 4 rings (SSSR count). The number of carbonyl (C=O) groups excluding carboxylic acids is 1. The molecular formula is C19H22N4OS. The Morgan fingerprint density at radius 3 is 2.84 bits per heavy atom. The van der Waals surface area contributed by atoms with E-state index in [1.54, 1.807) is 12.1 Å². The first-order valence-electron chi connectivity index (χ1n) is 8.77. The van der Waals surface area contributed by atoms with Crippen molar-refractivity contribution >= 4 is 38.8 Å². The number of aryl methyl sites for hydroxylation is 1. The number of nitrogens with two attached hydrogens (primary N) is 1. The number of rotatable bonds is 3. The fourth-order valence-corrected chi connectivity index (χ4v) is 4.69. The van der Waals surface area contributed by atoms with Gasteiger partial charge in [0.05, 0.1) is 16.6 Å². The first kappa shape index (κ1) is 16.1. The summed E-state index contributed by atoms with van der Waals surface area (Å²) < 4.78 is 2.16. The van der Waals surface area contributed by atoms with Crippen LogP contribution in [0.15, 0.2) is 30.3 Å². The van der Waals surface area contributed by atoms with Gasteiger partial charge in [0.1, 0.15) is 4.83 Å². The van der Waals surface area contributed by atoms with Gasteiger partial charge in [-0.2, -0.15) is 5.10 Å². The van der Waals surface area contributed by atoms with Crippen molar-refractivity contribution in [1.82, 2.24) is 9.78 Å². The van der Waals surface area contributed by atoms with Crippen molar-refractivity contribution in [2.75, 3.05) is 11.1 Å². The maximum atomic E-state index is 12.6. The second-order valence-corrected chi connectivity index (χ2v) is 7.76. The van der Waals surface area contributed by atoms with Gasteiger partial charge in [0.25, 0.3) is 5.91 Å². The molecule has 3 aromatic rings. The van der Waals surface area contributed by atoms with Crippen LogP contribution in [0.5, 0.6) is 0 Å². The average Bonchev–Trinajstić information content (AvgIpc) is 3.17. The van der Waals surface area contributed by atoms with Crippen LogP contribution in [0.25, 0.3) is 10.2 Å².